The van der Waals surface area contributed by atoms with Gasteiger partial charge in [-0.15, -0.1) is 0 Å². The Kier molecular flexibility index (Phi) is 6.00. The van der Waals surface area contributed by atoms with Crippen molar-refractivity contribution in [3.05, 3.63) is 59.7 Å². The molecule has 1 heterocycles. The first-order valence-corrected chi connectivity index (χ1v) is 12.1. The Bertz CT molecular complexity index is 1100. The van der Waals surface area contributed by atoms with Gasteiger partial charge >= 0.3 is 0 Å². The number of benzene rings is 2. The molecule has 0 radical (unpaired) electrons. The highest BCUT2D eigenvalue weighted by Gasteiger charge is 2.32. The molecule has 4 rings (SSSR count). The summed E-state index contributed by atoms with van der Waals surface area (Å²) in [6.07, 6.45) is 3.62. The minimum atomic E-state index is -3.76. The predicted octanol–water partition coefficient (Wildman–Crippen LogP) is 2.93. The Labute approximate surface area is 182 Å². The largest absolute Gasteiger partial charge is 0.353 e. The number of hydrogen-bond acceptors (Lipinski definition) is 4. The fraction of sp³-hybridized carbons (Fsp3) is 0.391. The number of likely N-dealkylation sites (tertiary alicyclic amines) is 1. The summed E-state index contributed by atoms with van der Waals surface area (Å²) in [4.78, 5) is 27.4. The van der Waals surface area contributed by atoms with Gasteiger partial charge in [0.15, 0.2) is 0 Å². The topological polar surface area (TPSA) is 95.6 Å². The van der Waals surface area contributed by atoms with Gasteiger partial charge in [0.05, 0.1) is 10.8 Å². The molecule has 2 aromatic rings. The van der Waals surface area contributed by atoms with Gasteiger partial charge in [-0.1, -0.05) is 24.3 Å². The van der Waals surface area contributed by atoms with Gasteiger partial charge in [0.25, 0.3) is 15.9 Å². The van der Waals surface area contributed by atoms with Crippen LogP contribution < -0.4 is 10.0 Å². The normalized spacial score (nSPS) is 19.0. The third-order valence-electron chi connectivity index (χ3n) is 5.75. The van der Waals surface area contributed by atoms with Crippen molar-refractivity contribution in [2.45, 2.75) is 43.5 Å². The molecule has 1 aliphatic carbocycles. The van der Waals surface area contributed by atoms with Gasteiger partial charge < -0.3 is 10.2 Å². The molecular formula is C23H27N3O4S. The van der Waals surface area contributed by atoms with Gasteiger partial charge in [0, 0.05) is 30.4 Å². The van der Waals surface area contributed by atoms with E-state index in [-0.39, 0.29) is 22.6 Å². The van der Waals surface area contributed by atoms with E-state index in [2.05, 4.69) is 10.0 Å². The highest BCUT2D eigenvalue weighted by atomic mass is 32.2. The van der Waals surface area contributed by atoms with Gasteiger partial charge in [0.2, 0.25) is 5.91 Å². The number of carbonyl (C=O) groups is 2. The van der Waals surface area contributed by atoms with Crippen LogP contribution in [0, 0.1) is 12.8 Å². The summed E-state index contributed by atoms with van der Waals surface area (Å²) in [7, 11) is -3.76. The van der Waals surface area contributed by atoms with Crippen LogP contribution in [0.2, 0.25) is 0 Å². The lowest BCUT2D eigenvalue weighted by molar-refractivity contribution is -0.126. The SMILES string of the molecule is Cc1ccccc1S(=O)(=O)Nc1cccc(C(=O)N2CCC[C@H](C(=O)NC3CC3)C2)c1. The number of rotatable bonds is 6. The van der Waals surface area contributed by atoms with E-state index in [0.717, 1.165) is 25.7 Å². The van der Waals surface area contributed by atoms with Gasteiger partial charge in [0.1, 0.15) is 0 Å². The minimum absolute atomic E-state index is 0.0275. The van der Waals surface area contributed by atoms with Crippen molar-refractivity contribution in [1.82, 2.24) is 10.2 Å². The Hall–Kier alpha value is -2.87. The quantitative estimate of drug-likeness (QED) is 0.721. The molecule has 1 atom stereocenters. The van der Waals surface area contributed by atoms with Crippen LogP contribution in [0.1, 0.15) is 41.6 Å². The lowest BCUT2D eigenvalue weighted by Gasteiger charge is -2.32. The number of hydrogen-bond donors (Lipinski definition) is 2. The van der Waals surface area contributed by atoms with Crippen LogP contribution in [0.5, 0.6) is 0 Å². The first-order chi connectivity index (χ1) is 14.8. The molecule has 2 aliphatic rings. The number of anilines is 1. The molecule has 0 unspecified atom stereocenters. The smallest absolute Gasteiger partial charge is 0.262 e. The standard InChI is InChI=1S/C23H27N3O4S/c1-16-6-2-3-10-21(16)31(29,30)25-20-9-4-7-17(14-20)23(28)26-13-5-8-18(15-26)22(27)24-19-11-12-19/h2-4,6-7,9-10,14,18-19,25H,5,8,11-13,15H2,1H3,(H,24,27)/t18-/m0/s1. The number of amides is 2. The molecule has 0 spiro atoms. The maximum atomic E-state index is 13.1. The molecule has 164 valence electrons. The summed E-state index contributed by atoms with van der Waals surface area (Å²) in [5, 5.41) is 3.02. The van der Waals surface area contributed by atoms with E-state index in [1.165, 1.54) is 0 Å². The van der Waals surface area contributed by atoms with Crippen molar-refractivity contribution < 1.29 is 18.0 Å². The molecule has 2 aromatic carbocycles. The van der Waals surface area contributed by atoms with Gasteiger partial charge in [-0.25, -0.2) is 8.42 Å². The molecule has 0 aromatic heterocycles. The molecule has 8 heteroatoms. The molecule has 2 fully saturated rings. The van der Waals surface area contributed by atoms with Gasteiger partial charge in [-0.2, -0.15) is 0 Å². The number of piperidine rings is 1. The molecule has 31 heavy (non-hydrogen) atoms. The van der Waals surface area contributed by atoms with Crippen LogP contribution >= 0.6 is 0 Å². The zero-order valence-electron chi connectivity index (χ0n) is 17.5. The number of sulfonamides is 1. The van der Waals surface area contributed by atoms with Crippen molar-refractivity contribution >= 4 is 27.5 Å². The average molecular weight is 442 g/mol. The molecule has 0 bridgehead atoms. The van der Waals surface area contributed by atoms with E-state index in [9.17, 15) is 18.0 Å². The molecule has 1 saturated heterocycles. The van der Waals surface area contributed by atoms with Gasteiger partial charge in [-0.05, 0) is 62.4 Å². The summed E-state index contributed by atoms with van der Waals surface area (Å²) < 4.78 is 28.1. The van der Waals surface area contributed by atoms with E-state index in [1.807, 2.05) is 0 Å². The maximum absolute atomic E-state index is 13.1. The number of nitrogens with one attached hydrogen (secondary N) is 2. The third kappa shape index (κ3) is 5.07. The molecule has 2 N–H and O–H groups in total. The Balaban J connectivity index is 1.46. The minimum Gasteiger partial charge on any atom is -0.353 e. The zero-order valence-corrected chi connectivity index (χ0v) is 18.3. The molecule has 1 saturated carbocycles. The second-order valence-electron chi connectivity index (χ2n) is 8.32. The third-order valence-corrected chi connectivity index (χ3v) is 7.29. The monoisotopic (exact) mass is 441 g/mol. The predicted molar refractivity (Wildman–Crippen MR) is 118 cm³/mol. The fourth-order valence-corrected chi connectivity index (χ4v) is 5.19. The first-order valence-electron chi connectivity index (χ1n) is 10.6. The summed E-state index contributed by atoms with van der Waals surface area (Å²) in [6, 6.07) is 13.5. The van der Waals surface area contributed by atoms with Crippen molar-refractivity contribution in [2.75, 3.05) is 17.8 Å². The summed E-state index contributed by atoms with van der Waals surface area (Å²) >= 11 is 0. The van der Waals surface area contributed by atoms with E-state index in [1.54, 1.807) is 60.4 Å². The average Bonchev–Trinajstić information content (AvgIpc) is 3.57. The van der Waals surface area contributed by atoms with E-state index >= 15 is 0 Å². The lowest BCUT2D eigenvalue weighted by Crippen LogP contribution is -2.45. The van der Waals surface area contributed by atoms with Gasteiger partial charge in [-0.3, -0.25) is 14.3 Å². The number of nitrogens with zero attached hydrogens (tertiary/aromatic N) is 1. The van der Waals surface area contributed by atoms with Crippen LogP contribution in [-0.4, -0.2) is 44.3 Å². The second kappa shape index (κ2) is 8.70. The summed E-state index contributed by atoms with van der Waals surface area (Å²) in [5.41, 5.74) is 1.37. The van der Waals surface area contributed by atoms with E-state index in [4.69, 9.17) is 0 Å². The molecular weight excluding hydrogens is 414 g/mol. The van der Waals surface area contributed by atoms with Crippen LogP contribution in [-0.2, 0) is 14.8 Å². The second-order valence-corrected chi connectivity index (χ2v) is 9.98. The fourth-order valence-electron chi connectivity index (χ4n) is 3.89. The number of aryl methyl sites for hydroxylation is 1. The van der Waals surface area contributed by atoms with Crippen LogP contribution in [0.4, 0.5) is 5.69 Å². The van der Waals surface area contributed by atoms with Crippen LogP contribution in [0.15, 0.2) is 53.4 Å². The summed E-state index contributed by atoms with van der Waals surface area (Å²) in [6.45, 7) is 2.71. The Morgan fingerprint density at radius 3 is 2.55 bits per heavy atom. The van der Waals surface area contributed by atoms with Crippen molar-refractivity contribution in [1.29, 1.82) is 0 Å². The highest BCUT2D eigenvalue weighted by molar-refractivity contribution is 7.92. The Morgan fingerprint density at radius 2 is 1.81 bits per heavy atom. The van der Waals surface area contributed by atoms with E-state index < -0.39 is 10.0 Å². The zero-order chi connectivity index (χ0) is 22.0. The first kappa shape index (κ1) is 21.4. The van der Waals surface area contributed by atoms with E-state index in [0.29, 0.717) is 35.9 Å². The summed E-state index contributed by atoms with van der Waals surface area (Å²) in [5.74, 6) is -0.360. The molecule has 1 aliphatic heterocycles. The van der Waals surface area contributed by atoms with Crippen LogP contribution in [0.3, 0.4) is 0 Å². The van der Waals surface area contributed by atoms with Crippen molar-refractivity contribution in [3.63, 3.8) is 0 Å². The van der Waals surface area contributed by atoms with Crippen molar-refractivity contribution in [3.8, 4) is 0 Å². The lowest BCUT2D eigenvalue weighted by atomic mass is 9.96. The maximum Gasteiger partial charge on any atom is 0.262 e. The van der Waals surface area contributed by atoms with Crippen molar-refractivity contribution in [2.24, 2.45) is 5.92 Å². The Morgan fingerprint density at radius 1 is 1.03 bits per heavy atom. The molecule has 2 amide bonds. The number of carbonyl (C=O) groups excluding carboxylic acids is 2. The van der Waals surface area contributed by atoms with Crippen LogP contribution in [0.25, 0.3) is 0 Å². The molecule has 7 nitrogen and oxygen atoms in total. The highest BCUT2D eigenvalue weighted by Crippen LogP contribution is 2.24.